The van der Waals surface area contributed by atoms with Crippen LogP contribution in [0.15, 0.2) is 36.4 Å². The summed E-state index contributed by atoms with van der Waals surface area (Å²) in [5.41, 5.74) is -1.50. The van der Waals surface area contributed by atoms with Crippen molar-refractivity contribution < 1.29 is 66.4 Å². The van der Waals surface area contributed by atoms with Crippen molar-refractivity contribution >= 4 is 44.9 Å². The van der Waals surface area contributed by atoms with E-state index in [0.717, 1.165) is 24.3 Å². The highest BCUT2D eigenvalue weighted by molar-refractivity contribution is 6.63. The van der Waals surface area contributed by atoms with E-state index in [1.807, 2.05) is 0 Å². The standard InChI is InChI=1S/C28H6BF13O2/c30-8-5-10(17(33)12(32)6-8)29(44-28-25(41)22(38)21(37)23(39)26(28)42)43-27-9-3-1-7-2-4-11(31)15-13(7)14(9)16(19(35)18(15)34)20(36)24(27)40/h1-6H. The van der Waals surface area contributed by atoms with Crippen molar-refractivity contribution in [3.8, 4) is 11.5 Å². The van der Waals surface area contributed by atoms with Crippen molar-refractivity contribution in [3.63, 3.8) is 0 Å². The van der Waals surface area contributed by atoms with Crippen molar-refractivity contribution in [2.24, 2.45) is 0 Å². The molecule has 2 nitrogen and oxygen atoms in total. The zero-order valence-electron chi connectivity index (χ0n) is 20.8. The first-order chi connectivity index (χ1) is 20.7. The summed E-state index contributed by atoms with van der Waals surface area (Å²) in [7, 11) is -3.06. The Morgan fingerprint density at radius 2 is 0.932 bits per heavy atom. The van der Waals surface area contributed by atoms with Crippen LogP contribution < -0.4 is 14.8 Å². The van der Waals surface area contributed by atoms with Crippen LogP contribution in [-0.4, -0.2) is 7.12 Å². The highest BCUT2D eigenvalue weighted by atomic mass is 19.2. The summed E-state index contributed by atoms with van der Waals surface area (Å²) in [6.45, 7) is 0. The Balaban J connectivity index is 1.66. The van der Waals surface area contributed by atoms with Crippen LogP contribution in [0.1, 0.15) is 0 Å². The Bertz CT molecular complexity index is 2160. The van der Waals surface area contributed by atoms with Crippen molar-refractivity contribution in [2.45, 2.75) is 0 Å². The Labute approximate surface area is 235 Å². The van der Waals surface area contributed by atoms with Gasteiger partial charge in [-0.2, -0.15) is 13.2 Å². The lowest BCUT2D eigenvalue weighted by atomic mass is 9.77. The van der Waals surface area contributed by atoms with Gasteiger partial charge in [0.05, 0.1) is 16.2 Å². The van der Waals surface area contributed by atoms with E-state index in [0.29, 0.717) is 0 Å². The SMILES string of the molecule is Fc1cc(F)c(F)c(B(Oc2c(F)c(F)c(F)c(F)c2F)Oc2c(F)c(F)c3c(F)c(F)c4c(F)ccc5ccc2c3c54)c1. The lowest BCUT2D eigenvalue weighted by molar-refractivity contribution is 0.332. The van der Waals surface area contributed by atoms with Gasteiger partial charge in [-0.1, -0.05) is 12.1 Å². The number of halogens is 13. The highest BCUT2D eigenvalue weighted by Gasteiger charge is 2.39. The summed E-state index contributed by atoms with van der Waals surface area (Å²) >= 11 is 0. The minimum atomic E-state index is -3.06. The molecule has 6 aromatic rings. The molecule has 6 aromatic carbocycles. The Hall–Kier alpha value is -4.89. The van der Waals surface area contributed by atoms with Crippen LogP contribution in [0.5, 0.6) is 11.5 Å². The van der Waals surface area contributed by atoms with Gasteiger partial charge < -0.3 is 9.31 Å². The third-order valence-electron chi connectivity index (χ3n) is 6.77. The van der Waals surface area contributed by atoms with E-state index >= 15 is 13.2 Å². The smallest absolute Gasteiger partial charge is 0.519 e. The van der Waals surface area contributed by atoms with Gasteiger partial charge in [0, 0.05) is 22.2 Å². The molecule has 0 aliphatic carbocycles. The molecule has 0 aliphatic heterocycles. The number of benzene rings is 6. The molecule has 0 heterocycles. The second-order valence-electron chi connectivity index (χ2n) is 9.23. The van der Waals surface area contributed by atoms with Crippen LogP contribution in [0.3, 0.4) is 0 Å². The molecule has 0 saturated carbocycles. The molecule has 0 saturated heterocycles. The van der Waals surface area contributed by atoms with Gasteiger partial charge in [-0.25, -0.2) is 43.9 Å². The van der Waals surface area contributed by atoms with Crippen LogP contribution in [-0.2, 0) is 0 Å². The van der Waals surface area contributed by atoms with Gasteiger partial charge in [-0.15, -0.1) is 0 Å². The first-order valence-electron chi connectivity index (χ1n) is 11.9. The van der Waals surface area contributed by atoms with E-state index in [-0.39, 0.29) is 17.5 Å². The maximum Gasteiger partial charge on any atom is 0.636 e. The van der Waals surface area contributed by atoms with Gasteiger partial charge in [0.1, 0.15) is 17.4 Å². The first-order valence-corrected chi connectivity index (χ1v) is 11.9. The van der Waals surface area contributed by atoms with Gasteiger partial charge in [0.25, 0.3) is 0 Å². The predicted octanol–water partition coefficient (Wildman–Crippen LogP) is 8.25. The molecule has 0 atom stereocenters. The third-order valence-corrected chi connectivity index (χ3v) is 6.77. The van der Waals surface area contributed by atoms with E-state index < -0.39 is 127 Å². The summed E-state index contributed by atoms with van der Waals surface area (Å²) in [4.78, 5) is 0. The summed E-state index contributed by atoms with van der Waals surface area (Å²) in [6, 6.07) is 3.80. The molecule has 0 spiro atoms. The van der Waals surface area contributed by atoms with Gasteiger partial charge in [0.2, 0.25) is 29.1 Å². The monoisotopic (exact) mass is 632 g/mol. The Morgan fingerprint density at radius 1 is 0.409 bits per heavy atom. The third kappa shape index (κ3) is 4.07. The average molecular weight is 632 g/mol. The molecule has 0 bridgehead atoms. The first kappa shape index (κ1) is 29.2. The van der Waals surface area contributed by atoms with Crippen LogP contribution >= 0.6 is 0 Å². The van der Waals surface area contributed by atoms with Crippen molar-refractivity contribution in [1.82, 2.24) is 0 Å². The molecule has 44 heavy (non-hydrogen) atoms. The normalized spacial score (nSPS) is 11.8. The topological polar surface area (TPSA) is 18.5 Å². The molecule has 0 aliphatic rings. The lowest BCUT2D eigenvalue weighted by Gasteiger charge is -2.22. The summed E-state index contributed by atoms with van der Waals surface area (Å²) in [6.07, 6.45) is 0. The molecule has 0 fully saturated rings. The van der Waals surface area contributed by atoms with Crippen LogP contribution in [0.2, 0.25) is 0 Å². The zero-order valence-corrected chi connectivity index (χ0v) is 20.8. The average Bonchev–Trinajstić information content (AvgIpc) is 2.99. The van der Waals surface area contributed by atoms with Crippen LogP contribution in [0.4, 0.5) is 57.1 Å². The highest BCUT2D eigenvalue weighted by Crippen LogP contribution is 2.45. The van der Waals surface area contributed by atoms with E-state index in [9.17, 15) is 43.9 Å². The Kier molecular flexibility index (Phi) is 6.70. The summed E-state index contributed by atoms with van der Waals surface area (Å²) in [5, 5.41) is -4.40. The summed E-state index contributed by atoms with van der Waals surface area (Å²) < 4.78 is 198. The maximum absolute atomic E-state index is 15.5. The summed E-state index contributed by atoms with van der Waals surface area (Å²) in [5.74, 6) is -32.2. The second kappa shape index (κ2) is 10.1. The minimum Gasteiger partial charge on any atom is -0.519 e. The second-order valence-corrected chi connectivity index (χ2v) is 9.23. The van der Waals surface area contributed by atoms with Crippen molar-refractivity contribution in [2.75, 3.05) is 0 Å². The van der Waals surface area contributed by atoms with Gasteiger partial charge in [-0.3, -0.25) is 0 Å². The zero-order chi connectivity index (χ0) is 31.9. The van der Waals surface area contributed by atoms with E-state index in [1.54, 1.807) is 0 Å². The predicted molar refractivity (Wildman–Crippen MR) is 129 cm³/mol. The van der Waals surface area contributed by atoms with Gasteiger partial charge >= 0.3 is 7.12 Å². The molecular weight excluding hydrogens is 626 g/mol. The molecule has 0 amide bonds. The van der Waals surface area contributed by atoms with E-state index in [1.165, 1.54) is 0 Å². The Morgan fingerprint density at radius 3 is 1.59 bits per heavy atom. The van der Waals surface area contributed by atoms with Crippen LogP contribution in [0.25, 0.3) is 32.3 Å². The van der Waals surface area contributed by atoms with Gasteiger partial charge in [-0.05, 0) is 23.6 Å². The molecule has 6 rings (SSSR count). The maximum atomic E-state index is 15.5. The van der Waals surface area contributed by atoms with Gasteiger partial charge in [0.15, 0.2) is 40.7 Å². The molecule has 16 heteroatoms. The molecular formula is C28H6BF13O2. The fourth-order valence-electron chi connectivity index (χ4n) is 4.84. The number of rotatable bonds is 5. The quantitative estimate of drug-likeness (QED) is 0.0627. The molecule has 0 aromatic heterocycles. The van der Waals surface area contributed by atoms with E-state index in [2.05, 4.69) is 4.65 Å². The minimum absolute atomic E-state index is 0.0312. The van der Waals surface area contributed by atoms with Crippen molar-refractivity contribution in [1.29, 1.82) is 0 Å². The fourth-order valence-corrected chi connectivity index (χ4v) is 4.84. The number of hydrogen-bond donors (Lipinski definition) is 0. The lowest BCUT2D eigenvalue weighted by Crippen LogP contribution is -2.46. The van der Waals surface area contributed by atoms with E-state index in [4.69, 9.17) is 4.65 Å². The molecule has 0 unspecified atom stereocenters. The largest absolute Gasteiger partial charge is 0.636 e. The molecule has 0 N–H and O–H groups in total. The molecule has 224 valence electrons. The number of hydrogen-bond acceptors (Lipinski definition) is 2. The van der Waals surface area contributed by atoms with Crippen molar-refractivity contribution in [3.05, 3.63) is 112 Å². The fraction of sp³-hybridized carbons (Fsp3) is 0. The van der Waals surface area contributed by atoms with Crippen LogP contribution in [0, 0.1) is 75.6 Å². The molecule has 0 radical (unpaired) electrons.